The Labute approximate surface area is 97.0 Å². The van der Waals surface area contributed by atoms with Crippen molar-refractivity contribution in [3.05, 3.63) is 0 Å². The summed E-state index contributed by atoms with van der Waals surface area (Å²) >= 11 is 0. The van der Waals surface area contributed by atoms with E-state index >= 15 is 0 Å². The maximum atomic E-state index is 11.7. The molecule has 5 nitrogen and oxygen atoms in total. The Morgan fingerprint density at radius 3 is 2.44 bits per heavy atom. The number of nitrogens with zero attached hydrogens (tertiary/aromatic N) is 1. The van der Waals surface area contributed by atoms with Crippen molar-refractivity contribution < 1.29 is 13.2 Å². The summed E-state index contributed by atoms with van der Waals surface area (Å²) in [6.45, 7) is 6.59. The largest absolute Gasteiger partial charge is 0.339 e. The van der Waals surface area contributed by atoms with Gasteiger partial charge in [-0.2, -0.15) is 0 Å². The van der Waals surface area contributed by atoms with E-state index in [1.807, 2.05) is 20.8 Å². The standard InChI is InChI=1S/C10H20N2O3S/c1-7(2)8(3)12-5-9(4-10(12)13)6-16(11,14)15/h7-9H,4-6H2,1-3H3,(H2,11,14,15). The summed E-state index contributed by atoms with van der Waals surface area (Å²) in [5.74, 6) is 0.163. The summed E-state index contributed by atoms with van der Waals surface area (Å²) in [6.07, 6.45) is 0.299. The number of rotatable bonds is 4. The van der Waals surface area contributed by atoms with E-state index in [2.05, 4.69) is 0 Å². The molecule has 0 saturated carbocycles. The Kier molecular flexibility index (Phi) is 3.96. The van der Waals surface area contributed by atoms with Gasteiger partial charge in [-0.3, -0.25) is 4.79 Å². The highest BCUT2D eigenvalue weighted by Gasteiger charge is 2.35. The molecule has 0 aliphatic carbocycles. The molecule has 1 aliphatic rings. The van der Waals surface area contributed by atoms with Crippen molar-refractivity contribution in [3.63, 3.8) is 0 Å². The van der Waals surface area contributed by atoms with E-state index in [1.165, 1.54) is 0 Å². The zero-order valence-electron chi connectivity index (χ0n) is 10.0. The minimum atomic E-state index is -3.48. The number of likely N-dealkylation sites (tertiary alicyclic amines) is 1. The monoisotopic (exact) mass is 248 g/mol. The van der Waals surface area contributed by atoms with Gasteiger partial charge in [0.05, 0.1) is 5.75 Å². The van der Waals surface area contributed by atoms with E-state index in [0.717, 1.165) is 0 Å². The molecule has 1 rings (SSSR count). The van der Waals surface area contributed by atoms with Crippen molar-refractivity contribution in [1.82, 2.24) is 4.90 Å². The van der Waals surface area contributed by atoms with Crippen LogP contribution in [0.3, 0.4) is 0 Å². The third-order valence-corrected chi connectivity index (χ3v) is 4.10. The Morgan fingerprint density at radius 1 is 1.44 bits per heavy atom. The number of primary sulfonamides is 1. The summed E-state index contributed by atoms with van der Waals surface area (Å²) in [7, 11) is -3.48. The highest BCUT2D eigenvalue weighted by Crippen LogP contribution is 2.23. The van der Waals surface area contributed by atoms with Crippen LogP contribution in [-0.4, -0.2) is 37.6 Å². The molecule has 0 bridgehead atoms. The van der Waals surface area contributed by atoms with E-state index in [-0.39, 0.29) is 23.6 Å². The highest BCUT2D eigenvalue weighted by molar-refractivity contribution is 7.89. The predicted octanol–water partition coefficient (Wildman–Crippen LogP) is 0.168. The summed E-state index contributed by atoms with van der Waals surface area (Å²) in [5, 5.41) is 4.98. The zero-order valence-corrected chi connectivity index (χ0v) is 10.8. The molecule has 0 aromatic carbocycles. The van der Waals surface area contributed by atoms with Crippen LogP contribution in [-0.2, 0) is 14.8 Å². The van der Waals surface area contributed by atoms with Gasteiger partial charge in [0, 0.05) is 24.9 Å². The average Bonchev–Trinajstić information content (AvgIpc) is 2.41. The molecule has 1 heterocycles. The zero-order chi connectivity index (χ0) is 12.5. The van der Waals surface area contributed by atoms with Gasteiger partial charge < -0.3 is 4.90 Å². The van der Waals surface area contributed by atoms with Gasteiger partial charge >= 0.3 is 0 Å². The first-order valence-corrected chi connectivity index (χ1v) is 7.22. The number of hydrogen-bond acceptors (Lipinski definition) is 3. The lowest BCUT2D eigenvalue weighted by Gasteiger charge is -2.27. The lowest BCUT2D eigenvalue weighted by molar-refractivity contribution is -0.130. The number of carbonyl (C=O) groups is 1. The number of nitrogens with two attached hydrogens (primary N) is 1. The summed E-state index contributed by atoms with van der Waals surface area (Å²) in [4.78, 5) is 13.5. The van der Waals surface area contributed by atoms with Crippen LogP contribution in [0.2, 0.25) is 0 Å². The maximum absolute atomic E-state index is 11.7. The smallest absolute Gasteiger partial charge is 0.223 e. The molecule has 0 aromatic rings. The number of carbonyl (C=O) groups excluding carboxylic acids is 1. The van der Waals surface area contributed by atoms with E-state index in [4.69, 9.17) is 5.14 Å². The molecule has 1 saturated heterocycles. The van der Waals surface area contributed by atoms with E-state index < -0.39 is 10.0 Å². The van der Waals surface area contributed by atoms with Gasteiger partial charge in [-0.15, -0.1) is 0 Å². The number of amides is 1. The Morgan fingerprint density at radius 2 is 2.00 bits per heavy atom. The van der Waals surface area contributed by atoms with Gasteiger partial charge in [-0.1, -0.05) is 13.8 Å². The van der Waals surface area contributed by atoms with Crippen LogP contribution in [0.25, 0.3) is 0 Å². The van der Waals surface area contributed by atoms with Gasteiger partial charge in [0.25, 0.3) is 0 Å². The minimum absolute atomic E-state index is 0.0369. The third-order valence-electron chi connectivity index (χ3n) is 3.16. The van der Waals surface area contributed by atoms with Gasteiger partial charge in [-0.25, -0.2) is 13.6 Å². The van der Waals surface area contributed by atoms with Crippen LogP contribution in [0.5, 0.6) is 0 Å². The van der Waals surface area contributed by atoms with Gasteiger partial charge in [-0.05, 0) is 12.8 Å². The molecule has 2 N–H and O–H groups in total. The van der Waals surface area contributed by atoms with Crippen LogP contribution in [0.15, 0.2) is 0 Å². The molecular weight excluding hydrogens is 228 g/mol. The number of sulfonamides is 1. The molecule has 1 amide bonds. The number of hydrogen-bond donors (Lipinski definition) is 1. The molecular formula is C10H20N2O3S. The summed E-state index contributed by atoms with van der Waals surface area (Å²) in [5.41, 5.74) is 0. The van der Waals surface area contributed by atoms with Gasteiger partial charge in [0.15, 0.2) is 0 Å². The van der Waals surface area contributed by atoms with Crippen LogP contribution >= 0.6 is 0 Å². The lowest BCUT2D eigenvalue weighted by Crippen LogP contribution is -2.38. The van der Waals surface area contributed by atoms with Crippen molar-refractivity contribution >= 4 is 15.9 Å². The first-order valence-electron chi connectivity index (χ1n) is 5.50. The van der Waals surface area contributed by atoms with Crippen molar-refractivity contribution in [1.29, 1.82) is 0 Å². The molecule has 2 atom stereocenters. The lowest BCUT2D eigenvalue weighted by atomic mass is 10.1. The Bertz CT molecular complexity index is 364. The fraction of sp³-hybridized carbons (Fsp3) is 0.900. The van der Waals surface area contributed by atoms with Crippen LogP contribution < -0.4 is 5.14 Å². The first-order chi connectivity index (χ1) is 7.20. The minimum Gasteiger partial charge on any atom is -0.339 e. The van der Waals surface area contributed by atoms with Crippen molar-refractivity contribution in [2.45, 2.75) is 33.2 Å². The third kappa shape index (κ3) is 3.45. The summed E-state index contributed by atoms with van der Waals surface area (Å²) < 4.78 is 21.9. The van der Waals surface area contributed by atoms with Crippen molar-refractivity contribution in [3.8, 4) is 0 Å². The second kappa shape index (κ2) is 4.71. The van der Waals surface area contributed by atoms with Crippen LogP contribution in [0, 0.1) is 11.8 Å². The van der Waals surface area contributed by atoms with Crippen molar-refractivity contribution in [2.24, 2.45) is 17.0 Å². The van der Waals surface area contributed by atoms with Gasteiger partial charge in [0.1, 0.15) is 0 Å². The van der Waals surface area contributed by atoms with Crippen LogP contribution in [0.4, 0.5) is 0 Å². The predicted molar refractivity (Wildman–Crippen MR) is 62.1 cm³/mol. The molecule has 0 spiro atoms. The van der Waals surface area contributed by atoms with E-state index in [0.29, 0.717) is 18.9 Å². The highest BCUT2D eigenvalue weighted by atomic mass is 32.2. The van der Waals surface area contributed by atoms with E-state index in [9.17, 15) is 13.2 Å². The molecule has 2 unspecified atom stereocenters. The maximum Gasteiger partial charge on any atom is 0.223 e. The second-order valence-electron chi connectivity index (χ2n) is 4.93. The van der Waals surface area contributed by atoms with Gasteiger partial charge in [0.2, 0.25) is 15.9 Å². The second-order valence-corrected chi connectivity index (χ2v) is 6.59. The molecule has 6 heteroatoms. The molecule has 16 heavy (non-hydrogen) atoms. The first kappa shape index (κ1) is 13.4. The molecule has 0 radical (unpaired) electrons. The summed E-state index contributed by atoms with van der Waals surface area (Å²) in [6, 6.07) is 0.151. The molecule has 1 fully saturated rings. The van der Waals surface area contributed by atoms with E-state index in [1.54, 1.807) is 4.90 Å². The molecule has 94 valence electrons. The molecule has 0 aromatic heterocycles. The average molecular weight is 248 g/mol. The normalized spacial score (nSPS) is 24.2. The SMILES string of the molecule is CC(C)C(C)N1CC(CS(N)(=O)=O)CC1=O. The molecule has 1 aliphatic heterocycles. The quantitative estimate of drug-likeness (QED) is 0.770. The Hall–Kier alpha value is -0.620. The Balaban J connectivity index is 2.64. The topological polar surface area (TPSA) is 80.5 Å². The fourth-order valence-electron chi connectivity index (χ4n) is 2.00. The van der Waals surface area contributed by atoms with Crippen molar-refractivity contribution in [2.75, 3.05) is 12.3 Å². The fourth-order valence-corrected chi connectivity index (χ4v) is 2.88. The van der Waals surface area contributed by atoms with Crippen LogP contribution in [0.1, 0.15) is 27.2 Å².